The third kappa shape index (κ3) is 4.48. The lowest BCUT2D eigenvalue weighted by molar-refractivity contribution is -0.336. The van der Waals surface area contributed by atoms with Gasteiger partial charge in [0.15, 0.2) is 11.7 Å². The Labute approximate surface area is 253 Å². The van der Waals surface area contributed by atoms with Crippen LogP contribution >= 0.6 is 0 Å². The number of ether oxygens (including phenoxy) is 4. The number of aliphatic hydroxyl groups is 1. The minimum absolute atomic E-state index is 0.0769. The maximum Gasteiger partial charge on any atom is 0.337 e. The average Bonchev–Trinajstić information content (AvgIpc) is 2.89. The summed E-state index contributed by atoms with van der Waals surface area (Å²) >= 11 is 0. The van der Waals surface area contributed by atoms with Gasteiger partial charge in [-0.2, -0.15) is 0 Å². The Morgan fingerprint density at radius 1 is 1.19 bits per heavy atom. The maximum atomic E-state index is 14.8. The lowest BCUT2D eigenvalue weighted by Gasteiger charge is -2.68. The second-order valence-corrected chi connectivity index (χ2v) is 14.2. The van der Waals surface area contributed by atoms with Crippen molar-refractivity contribution in [2.75, 3.05) is 27.8 Å². The van der Waals surface area contributed by atoms with Gasteiger partial charge in [0, 0.05) is 50.2 Å². The van der Waals surface area contributed by atoms with E-state index in [0.717, 1.165) is 11.1 Å². The van der Waals surface area contributed by atoms with Crippen LogP contribution in [-0.2, 0) is 37.8 Å². The van der Waals surface area contributed by atoms with Gasteiger partial charge >= 0.3 is 11.9 Å². The van der Waals surface area contributed by atoms with Crippen LogP contribution < -0.4 is 0 Å². The molecule has 4 rings (SSSR count). The third-order valence-corrected chi connectivity index (χ3v) is 11.9. The summed E-state index contributed by atoms with van der Waals surface area (Å²) in [5, 5.41) is 13.0. The fourth-order valence-corrected chi connectivity index (χ4v) is 9.46. The molecular formula is C31H48NO9Si. The number of likely N-dealkylation sites (N-methyl/N-ethyl adjacent to an activating group) is 1. The van der Waals surface area contributed by atoms with Gasteiger partial charge < -0.3 is 33.4 Å². The first-order valence-electron chi connectivity index (χ1n) is 14.9. The summed E-state index contributed by atoms with van der Waals surface area (Å²) in [4.78, 5) is 42.7. The molecule has 11 atom stereocenters. The fourth-order valence-electron chi connectivity index (χ4n) is 9.12. The van der Waals surface area contributed by atoms with Gasteiger partial charge in [-0.1, -0.05) is 27.7 Å². The van der Waals surface area contributed by atoms with Gasteiger partial charge in [-0.05, 0) is 51.9 Å². The van der Waals surface area contributed by atoms with E-state index in [9.17, 15) is 19.5 Å². The highest BCUT2D eigenvalue weighted by Crippen LogP contribution is 2.66. The molecule has 235 valence electrons. The molecule has 1 saturated heterocycles. The number of hydrogen-bond acceptors (Lipinski definition) is 10. The Hall–Kier alpha value is -1.63. The summed E-state index contributed by atoms with van der Waals surface area (Å²) in [5.74, 6) is -3.00. The second kappa shape index (κ2) is 11.1. The van der Waals surface area contributed by atoms with Crippen LogP contribution in [0.2, 0.25) is 0 Å². The predicted octanol–water partition coefficient (Wildman–Crippen LogP) is 2.39. The van der Waals surface area contributed by atoms with Crippen LogP contribution in [0.1, 0.15) is 68.2 Å². The van der Waals surface area contributed by atoms with Crippen molar-refractivity contribution >= 4 is 28.2 Å². The van der Waals surface area contributed by atoms with Crippen molar-refractivity contribution in [3.8, 4) is 0 Å². The molecule has 0 aromatic heterocycles. The smallest absolute Gasteiger partial charge is 0.337 e. The van der Waals surface area contributed by atoms with E-state index < -0.39 is 76.1 Å². The molecule has 3 fully saturated rings. The number of Topliss-reactive ketones (excluding diaryl/α,β-unsaturated/α-hetero) is 1. The Kier molecular flexibility index (Phi) is 8.76. The van der Waals surface area contributed by atoms with E-state index in [0.29, 0.717) is 6.42 Å². The molecule has 10 nitrogen and oxygen atoms in total. The number of fused-ring (bicyclic) bond motifs is 5. The normalized spacial score (nSPS) is 42.4. The topological polar surface area (TPSA) is 121 Å². The van der Waals surface area contributed by atoms with Crippen LogP contribution in [0.15, 0.2) is 11.1 Å². The summed E-state index contributed by atoms with van der Waals surface area (Å²) in [6, 6.07) is -0.258. The number of nitrogens with zero attached hydrogens (tertiary/aromatic N) is 1. The number of methoxy groups -OCH3 is 1. The van der Waals surface area contributed by atoms with Crippen LogP contribution in [0.5, 0.6) is 0 Å². The van der Waals surface area contributed by atoms with E-state index in [1.807, 2.05) is 67.5 Å². The molecular weight excluding hydrogens is 558 g/mol. The highest BCUT2D eigenvalue weighted by atomic mass is 28.2. The fraction of sp³-hybridized carbons (Fsp3) is 0.839. The van der Waals surface area contributed by atoms with Crippen molar-refractivity contribution in [1.82, 2.24) is 4.90 Å². The minimum Gasteiger partial charge on any atom is -0.456 e. The van der Waals surface area contributed by atoms with Crippen LogP contribution in [0, 0.1) is 28.6 Å². The second-order valence-electron chi connectivity index (χ2n) is 14.0. The Morgan fingerprint density at radius 2 is 1.81 bits per heavy atom. The Balaban J connectivity index is 1.91. The van der Waals surface area contributed by atoms with E-state index in [2.05, 4.69) is 10.5 Å². The number of carbonyl (C=O) groups is 3. The molecule has 1 aliphatic heterocycles. The molecule has 11 heteroatoms. The SMILES string of the molecule is COC(C(=O)OC1CC2(O)[C@@H](C)C3C4(OC(C)=O)COC4CC(O[Si])[C@@]3(C)C(=O)[C@H](C)C(=C1C)C2(C)C)C(C)N(C)C. The molecule has 1 heterocycles. The summed E-state index contributed by atoms with van der Waals surface area (Å²) in [7, 11) is 8.43. The molecule has 4 aliphatic rings. The van der Waals surface area contributed by atoms with Crippen molar-refractivity contribution in [1.29, 1.82) is 0 Å². The van der Waals surface area contributed by atoms with E-state index in [1.54, 1.807) is 0 Å². The number of hydrogen-bond donors (Lipinski definition) is 1. The van der Waals surface area contributed by atoms with Gasteiger partial charge in [0.05, 0.1) is 23.7 Å². The van der Waals surface area contributed by atoms with Gasteiger partial charge in [-0.25, -0.2) is 4.79 Å². The van der Waals surface area contributed by atoms with E-state index >= 15 is 0 Å². The van der Waals surface area contributed by atoms with Crippen molar-refractivity contribution < 1.29 is 42.9 Å². The quantitative estimate of drug-likeness (QED) is 0.263. The minimum atomic E-state index is -1.47. The summed E-state index contributed by atoms with van der Waals surface area (Å²) in [6.07, 6.45) is -2.28. The summed E-state index contributed by atoms with van der Waals surface area (Å²) in [6.45, 7) is 14.8. The van der Waals surface area contributed by atoms with Crippen molar-refractivity contribution in [3.05, 3.63) is 11.1 Å². The molecule has 0 spiro atoms. The molecule has 0 aromatic rings. The molecule has 42 heavy (non-hydrogen) atoms. The number of esters is 2. The first kappa shape index (κ1) is 33.3. The number of rotatable bonds is 7. The molecule has 3 aliphatic carbocycles. The van der Waals surface area contributed by atoms with Crippen LogP contribution in [0.25, 0.3) is 0 Å². The zero-order chi connectivity index (χ0) is 31.7. The highest BCUT2D eigenvalue weighted by molar-refractivity contribution is 5.99. The zero-order valence-corrected chi connectivity index (χ0v) is 27.9. The first-order chi connectivity index (χ1) is 19.4. The van der Waals surface area contributed by atoms with E-state index in [1.165, 1.54) is 14.0 Å². The van der Waals surface area contributed by atoms with Crippen LogP contribution in [-0.4, -0.2) is 108 Å². The van der Waals surface area contributed by atoms with Crippen LogP contribution in [0.3, 0.4) is 0 Å². The van der Waals surface area contributed by atoms with Crippen molar-refractivity contribution in [2.24, 2.45) is 28.6 Å². The first-order valence-corrected chi connectivity index (χ1v) is 15.3. The molecule has 8 unspecified atom stereocenters. The third-order valence-electron chi connectivity index (χ3n) is 11.6. The molecule has 2 saturated carbocycles. The lowest BCUT2D eigenvalue weighted by atomic mass is 9.42. The van der Waals surface area contributed by atoms with Gasteiger partial charge in [0.1, 0.15) is 18.0 Å². The molecule has 1 N–H and O–H groups in total. The van der Waals surface area contributed by atoms with Crippen LogP contribution in [0.4, 0.5) is 0 Å². The monoisotopic (exact) mass is 606 g/mol. The van der Waals surface area contributed by atoms with E-state index in [4.69, 9.17) is 23.4 Å². The van der Waals surface area contributed by atoms with Gasteiger partial charge in [0.25, 0.3) is 0 Å². The highest BCUT2D eigenvalue weighted by Gasteiger charge is 2.75. The molecule has 0 amide bonds. The standard InChI is InChI=1S/C31H48NO9Si/c1-15-20(39-27(35)24(37-11)18(4)32(9)10)13-31(36)17(3)25-29(8,26(34)16(2)23(15)28(31,6)7)21(41-42)12-22-30(25,14-38-22)40-19(5)33/h16-18,20-22,24-25,36H,12-14H2,1-11H3/t16-,17+,18?,20?,21?,22?,24?,25?,29-,30?,31?/m1/s1. The Bertz CT molecular complexity index is 1160. The van der Waals surface area contributed by atoms with Crippen molar-refractivity contribution in [3.63, 3.8) is 0 Å². The summed E-state index contributed by atoms with van der Waals surface area (Å²) < 4.78 is 29.5. The van der Waals surface area contributed by atoms with Gasteiger partial charge in [-0.3, -0.25) is 9.59 Å². The van der Waals surface area contributed by atoms with E-state index in [-0.39, 0.29) is 24.9 Å². The maximum absolute atomic E-state index is 14.8. The molecule has 3 radical (unpaired) electrons. The van der Waals surface area contributed by atoms with Gasteiger partial charge in [0.2, 0.25) is 10.5 Å². The lowest BCUT2D eigenvalue weighted by Crippen LogP contribution is -2.79. The summed E-state index contributed by atoms with van der Waals surface area (Å²) in [5.41, 5.74) is -3.10. The molecule has 0 aromatic carbocycles. The average molecular weight is 607 g/mol. The zero-order valence-electron chi connectivity index (χ0n) is 26.9. The predicted molar refractivity (Wildman–Crippen MR) is 154 cm³/mol. The molecule has 2 bridgehead atoms. The number of carbonyl (C=O) groups excluding carboxylic acids is 3. The Morgan fingerprint density at radius 3 is 2.29 bits per heavy atom. The largest absolute Gasteiger partial charge is 0.456 e. The van der Waals surface area contributed by atoms with Gasteiger partial charge in [-0.15, -0.1) is 0 Å². The number of ketones is 1. The van der Waals surface area contributed by atoms with Crippen molar-refractivity contribution in [2.45, 2.75) is 110 Å².